The number of allylic oxidation sites excluding steroid dienone is 2. The predicted octanol–water partition coefficient (Wildman–Crippen LogP) is 3.94. The van der Waals surface area contributed by atoms with Crippen molar-refractivity contribution in [3.63, 3.8) is 0 Å². The van der Waals surface area contributed by atoms with Gasteiger partial charge in [-0.15, -0.1) is 0 Å². The van der Waals surface area contributed by atoms with Gasteiger partial charge in [-0.05, 0) is 65.2 Å². The summed E-state index contributed by atoms with van der Waals surface area (Å²) in [7, 11) is 6.52. The van der Waals surface area contributed by atoms with Gasteiger partial charge < -0.3 is 68.2 Å². The normalized spacial score (nSPS) is 41.7. The Kier molecular flexibility index (Phi) is 21.2. The highest BCUT2D eigenvalue weighted by Gasteiger charge is 2.45. The van der Waals surface area contributed by atoms with Crippen molar-refractivity contribution in [1.82, 2.24) is 0 Å². The Morgan fingerprint density at radius 2 is 1.57 bits per heavy atom. The third-order valence-corrected chi connectivity index (χ3v) is 13.5. The summed E-state index contributed by atoms with van der Waals surface area (Å²) in [4.78, 5) is 13.8. The van der Waals surface area contributed by atoms with Gasteiger partial charge in [0.1, 0.15) is 23.9 Å². The van der Waals surface area contributed by atoms with Crippen molar-refractivity contribution in [3.05, 3.63) is 36.0 Å². The number of cyclic esters (lactones) is 1. The second kappa shape index (κ2) is 25.0. The highest BCUT2D eigenvalue weighted by Crippen LogP contribution is 2.37. The largest absolute Gasteiger partial charge is 0.456 e. The average molecular weight is 871 g/mol. The quantitative estimate of drug-likeness (QED) is 0.132. The molecular weight excluding hydrogens is 792 g/mol. The molecule has 0 radical (unpaired) electrons. The van der Waals surface area contributed by atoms with Gasteiger partial charge in [-0.3, -0.25) is 0 Å². The van der Waals surface area contributed by atoms with Gasteiger partial charge in [-0.25, -0.2) is 4.79 Å². The van der Waals surface area contributed by atoms with Crippen LogP contribution in [0.5, 0.6) is 0 Å². The fourth-order valence-corrected chi connectivity index (χ4v) is 9.39. The van der Waals surface area contributed by atoms with Crippen molar-refractivity contribution in [2.45, 2.75) is 190 Å². The SMILES string of the molecule is COC1CC(C)OC(CCC(C)C(O)C(C)C2(C)CC(OC)CC(OC)C(CO)C(OC)CC3CC=CC(CC(O[C@H]4OC[C@@H](O)[C@H](O)[C@H]4O)C/C=C(C)\C=C\C(=O)O2)O3)C1. The second-order valence-corrected chi connectivity index (χ2v) is 18.1. The number of hydrogen-bond acceptors (Lipinski definition) is 15. The molecule has 5 N–H and O–H groups in total. The number of ether oxygens (including phenoxy) is 9. The molecule has 14 unspecified atom stereocenters. The van der Waals surface area contributed by atoms with Crippen molar-refractivity contribution in [3.8, 4) is 0 Å². The van der Waals surface area contributed by atoms with Crippen LogP contribution in [-0.4, -0.2) is 164 Å². The van der Waals surface area contributed by atoms with Gasteiger partial charge in [-0.1, -0.05) is 43.7 Å². The molecule has 0 amide bonds. The first-order valence-electron chi connectivity index (χ1n) is 22.3. The smallest absolute Gasteiger partial charge is 0.331 e. The highest BCUT2D eigenvalue weighted by atomic mass is 16.7. The summed E-state index contributed by atoms with van der Waals surface area (Å²) in [6, 6.07) is 0. The van der Waals surface area contributed by atoms with E-state index >= 15 is 0 Å². The lowest BCUT2D eigenvalue weighted by molar-refractivity contribution is -0.284. The van der Waals surface area contributed by atoms with Crippen molar-refractivity contribution in [1.29, 1.82) is 0 Å². The fourth-order valence-electron chi connectivity index (χ4n) is 9.39. The zero-order chi connectivity index (χ0) is 44.9. The van der Waals surface area contributed by atoms with Crippen LogP contribution in [0.15, 0.2) is 36.0 Å². The molecule has 2 fully saturated rings. The molecular formula is C46H78O15. The first-order valence-corrected chi connectivity index (χ1v) is 22.3. The Bertz CT molecular complexity index is 1390. The molecule has 0 aromatic heterocycles. The fraction of sp³-hybridized carbons (Fsp3) is 0.848. The summed E-state index contributed by atoms with van der Waals surface area (Å²) in [6.45, 7) is 9.22. The minimum atomic E-state index is -1.47. The molecule has 15 heteroatoms. The summed E-state index contributed by atoms with van der Waals surface area (Å²) < 4.78 is 54.8. The maximum absolute atomic E-state index is 13.8. The average Bonchev–Trinajstić information content (AvgIpc) is 3.24. The highest BCUT2D eigenvalue weighted by molar-refractivity contribution is 5.82. The van der Waals surface area contributed by atoms with E-state index in [1.165, 1.54) is 6.08 Å². The molecule has 18 atom stereocenters. The van der Waals surface area contributed by atoms with Crippen LogP contribution >= 0.6 is 0 Å². The zero-order valence-electron chi connectivity index (χ0n) is 38.0. The third kappa shape index (κ3) is 15.1. The minimum absolute atomic E-state index is 0.0241. The molecule has 2 bridgehead atoms. The lowest BCUT2D eigenvalue weighted by atomic mass is 9.76. The maximum Gasteiger partial charge on any atom is 0.331 e. The predicted molar refractivity (Wildman–Crippen MR) is 226 cm³/mol. The van der Waals surface area contributed by atoms with Crippen LogP contribution in [0.4, 0.5) is 0 Å². The van der Waals surface area contributed by atoms with E-state index in [4.69, 9.17) is 42.6 Å². The van der Waals surface area contributed by atoms with Gasteiger partial charge in [-0.2, -0.15) is 0 Å². The van der Waals surface area contributed by atoms with Gasteiger partial charge in [0, 0.05) is 72.0 Å². The Labute approximate surface area is 363 Å². The molecule has 0 saturated carbocycles. The number of hydrogen-bond donors (Lipinski definition) is 5. The monoisotopic (exact) mass is 871 g/mol. The molecule has 0 aromatic rings. The summed E-state index contributed by atoms with van der Waals surface area (Å²) in [5, 5.41) is 53.8. The van der Waals surface area contributed by atoms with Crippen LogP contribution in [0.25, 0.3) is 0 Å². The molecule has 2 saturated heterocycles. The molecule has 0 spiro atoms. The minimum Gasteiger partial charge on any atom is -0.456 e. The molecule has 4 aliphatic rings. The van der Waals surface area contributed by atoms with Crippen LogP contribution in [0.2, 0.25) is 0 Å². The lowest BCUT2D eigenvalue weighted by Gasteiger charge is -2.42. The van der Waals surface area contributed by atoms with E-state index in [9.17, 15) is 30.3 Å². The molecule has 4 heterocycles. The number of fused-ring (bicyclic) bond motifs is 2. The standard InChI is InChI=1S/C46H78O15/c1-27-13-16-34(60-45-44(52)43(51)38(48)26-57-45)20-31-11-10-12-32(59-31)22-39(55-8)37(25-47)40(56-9)23-36(54-7)24-46(5,61-41(49)18-14-27)30(4)42(50)28(2)15-17-33-21-35(53-6)19-29(3)58-33/h10-11,13-14,18,28-40,42-45,47-48,50-52H,12,15-17,19-26H2,1-9H3/b18-14+,27-13-/t28?,29?,30?,31?,32?,33?,34?,35?,36?,37?,38-,39?,40?,42?,43+,44-,45-,46?/m1/s1. The summed E-state index contributed by atoms with van der Waals surface area (Å²) in [6.07, 6.45) is 5.80. The lowest BCUT2D eigenvalue weighted by Crippen LogP contribution is -2.54. The van der Waals surface area contributed by atoms with E-state index in [1.54, 1.807) is 34.5 Å². The third-order valence-electron chi connectivity index (χ3n) is 13.5. The van der Waals surface area contributed by atoms with E-state index in [2.05, 4.69) is 13.0 Å². The zero-order valence-corrected chi connectivity index (χ0v) is 38.0. The molecule has 61 heavy (non-hydrogen) atoms. The van der Waals surface area contributed by atoms with Gasteiger partial charge in [0.25, 0.3) is 0 Å². The van der Waals surface area contributed by atoms with Gasteiger partial charge in [0.05, 0.1) is 74.3 Å². The van der Waals surface area contributed by atoms with Crippen LogP contribution in [0, 0.1) is 17.8 Å². The Morgan fingerprint density at radius 3 is 2.25 bits per heavy atom. The van der Waals surface area contributed by atoms with E-state index in [1.807, 2.05) is 39.8 Å². The van der Waals surface area contributed by atoms with E-state index in [-0.39, 0.29) is 56.1 Å². The van der Waals surface area contributed by atoms with Gasteiger partial charge in [0.15, 0.2) is 6.29 Å². The van der Waals surface area contributed by atoms with Crippen LogP contribution in [0.1, 0.15) is 98.8 Å². The first-order chi connectivity index (χ1) is 29.0. The van der Waals surface area contributed by atoms with Gasteiger partial charge >= 0.3 is 5.97 Å². The number of methoxy groups -OCH3 is 4. The number of aliphatic hydroxyl groups is 5. The molecule has 352 valence electrons. The van der Waals surface area contributed by atoms with E-state index < -0.39 is 78.5 Å². The number of rotatable bonds is 13. The van der Waals surface area contributed by atoms with Crippen LogP contribution in [-0.2, 0) is 47.4 Å². The first kappa shape index (κ1) is 51.8. The van der Waals surface area contributed by atoms with Crippen molar-refractivity contribution < 1.29 is 73.0 Å². The van der Waals surface area contributed by atoms with Crippen LogP contribution < -0.4 is 0 Å². The second-order valence-electron chi connectivity index (χ2n) is 18.1. The Hall–Kier alpha value is -1.83. The van der Waals surface area contributed by atoms with E-state index in [0.29, 0.717) is 38.5 Å². The molecule has 4 aliphatic heterocycles. The summed E-state index contributed by atoms with van der Waals surface area (Å²) in [5.41, 5.74) is -0.457. The van der Waals surface area contributed by atoms with Crippen molar-refractivity contribution in [2.24, 2.45) is 17.8 Å². The van der Waals surface area contributed by atoms with Gasteiger partial charge in [0.2, 0.25) is 0 Å². The van der Waals surface area contributed by atoms with Crippen molar-refractivity contribution >= 4 is 5.97 Å². The molecule has 0 aliphatic carbocycles. The topological polar surface area (TPSA) is 201 Å². The Morgan fingerprint density at radius 1 is 0.869 bits per heavy atom. The summed E-state index contributed by atoms with van der Waals surface area (Å²) >= 11 is 0. The molecule has 4 rings (SSSR count). The van der Waals surface area contributed by atoms with E-state index in [0.717, 1.165) is 24.8 Å². The number of carbonyl (C=O) groups is 1. The number of carbonyl (C=O) groups excluding carboxylic acids is 1. The number of aliphatic hydroxyl groups excluding tert-OH is 5. The molecule has 0 aromatic carbocycles. The van der Waals surface area contributed by atoms with Crippen LogP contribution in [0.3, 0.4) is 0 Å². The molecule has 15 nitrogen and oxygen atoms in total. The number of esters is 1. The maximum atomic E-state index is 13.8. The van der Waals surface area contributed by atoms with Crippen molar-refractivity contribution in [2.75, 3.05) is 41.7 Å². The summed E-state index contributed by atoms with van der Waals surface area (Å²) in [5.74, 6) is -1.73. The Balaban J connectivity index is 1.63.